The van der Waals surface area contributed by atoms with Crippen LogP contribution in [0.4, 0.5) is 5.69 Å². The Morgan fingerprint density at radius 2 is 1.74 bits per heavy atom. The highest BCUT2D eigenvalue weighted by Gasteiger charge is 2.50. The molecule has 2 N–H and O–H groups in total. The minimum Gasteiger partial charge on any atom is -0.497 e. The molecule has 8 nitrogen and oxygen atoms in total. The number of benzene rings is 2. The molecule has 1 atom stereocenters. The summed E-state index contributed by atoms with van der Waals surface area (Å²) in [5.41, 5.74) is 1.26. The third-order valence-electron chi connectivity index (χ3n) is 6.16. The monoisotopic (exact) mass is 423 g/mol. The SMILES string of the molecule is COc1ccc2c(c1)OC(c1ccc(C(=O)N3CCN(C(=O)C4(O)CC4)CC3)cc1)N2. The lowest BCUT2D eigenvalue weighted by molar-refractivity contribution is -0.143. The van der Waals surface area contributed by atoms with Gasteiger partial charge in [0.15, 0.2) is 6.23 Å². The summed E-state index contributed by atoms with van der Waals surface area (Å²) in [7, 11) is 1.62. The summed E-state index contributed by atoms with van der Waals surface area (Å²) in [6.07, 6.45) is 0.749. The van der Waals surface area contributed by atoms with Gasteiger partial charge in [0.2, 0.25) is 0 Å². The van der Waals surface area contributed by atoms with Crippen LogP contribution in [0.15, 0.2) is 42.5 Å². The molecule has 3 aliphatic rings. The molecule has 1 saturated heterocycles. The van der Waals surface area contributed by atoms with Gasteiger partial charge in [-0.3, -0.25) is 9.59 Å². The van der Waals surface area contributed by atoms with Crippen molar-refractivity contribution in [3.63, 3.8) is 0 Å². The van der Waals surface area contributed by atoms with E-state index in [4.69, 9.17) is 9.47 Å². The maximum Gasteiger partial charge on any atom is 0.254 e. The molecule has 8 heteroatoms. The molecule has 0 radical (unpaired) electrons. The van der Waals surface area contributed by atoms with Gasteiger partial charge in [0.05, 0.1) is 12.8 Å². The molecule has 2 amide bonds. The van der Waals surface area contributed by atoms with Crippen LogP contribution in [0.5, 0.6) is 11.5 Å². The Labute approximate surface area is 180 Å². The minimum atomic E-state index is -1.15. The number of aliphatic hydroxyl groups is 1. The van der Waals surface area contributed by atoms with Crippen molar-refractivity contribution < 1.29 is 24.2 Å². The zero-order valence-corrected chi connectivity index (χ0v) is 17.3. The van der Waals surface area contributed by atoms with Gasteiger partial charge >= 0.3 is 0 Å². The Morgan fingerprint density at radius 1 is 1.06 bits per heavy atom. The summed E-state index contributed by atoms with van der Waals surface area (Å²) < 4.78 is 11.2. The van der Waals surface area contributed by atoms with Crippen molar-refractivity contribution in [2.45, 2.75) is 24.7 Å². The van der Waals surface area contributed by atoms with E-state index in [1.807, 2.05) is 30.3 Å². The minimum absolute atomic E-state index is 0.0582. The number of amides is 2. The van der Waals surface area contributed by atoms with Crippen molar-refractivity contribution in [3.8, 4) is 11.5 Å². The second-order valence-corrected chi connectivity index (χ2v) is 8.24. The number of ether oxygens (including phenoxy) is 2. The first-order chi connectivity index (χ1) is 15.0. The van der Waals surface area contributed by atoms with Crippen LogP contribution in [0.3, 0.4) is 0 Å². The molecule has 5 rings (SSSR count). The van der Waals surface area contributed by atoms with E-state index < -0.39 is 5.60 Å². The van der Waals surface area contributed by atoms with Crippen LogP contribution in [0.1, 0.15) is 35.0 Å². The maximum atomic E-state index is 12.9. The van der Waals surface area contributed by atoms with Gasteiger partial charge in [-0.05, 0) is 37.1 Å². The van der Waals surface area contributed by atoms with E-state index in [9.17, 15) is 14.7 Å². The third-order valence-corrected chi connectivity index (χ3v) is 6.16. The number of piperazine rings is 1. The van der Waals surface area contributed by atoms with Crippen molar-refractivity contribution in [1.29, 1.82) is 0 Å². The molecule has 1 unspecified atom stereocenters. The summed E-state index contributed by atoms with van der Waals surface area (Å²) in [6, 6.07) is 13.0. The first-order valence-corrected chi connectivity index (χ1v) is 10.5. The molecule has 1 saturated carbocycles. The van der Waals surface area contributed by atoms with Crippen LogP contribution in [0, 0.1) is 0 Å². The van der Waals surface area contributed by atoms with Gasteiger partial charge in [-0.2, -0.15) is 0 Å². The number of carbonyl (C=O) groups is 2. The van der Waals surface area contributed by atoms with Gasteiger partial charge in [0.1, 0.15) is 17.1 Å². The number of fused-ring (bicyclic) bond motifs is 1. The van der Waals surface area contributed by atoms with Gasteiger partial charge < -0.3 is 29.7 Å². The Hall–Kier alpha value is -3.26. The van der Waals surface area contributed by atoms with Crippen LogP contribution in [0.2, 0.25) is 0 Å². The van der Waals surface area contributed by atoms with Crippen molar-refractivity contribution >= 4 is 17.5 Å². The maximum absolute atomic E-state index is 12.9. The van der Waals surface area contributed by atoms with E-state index in [-0.39, 0.29) is 18.0 Å². The van der Waals surface area contributed by atoms with Crippen molar-refractivity contribution in [3.05, 3.63) is 53.6 Å². The molecular formula is C23H25N3O5. The molecule has 2 heterocycles. The molecule has 2 aromatic rings. The second-order valence-electron chi connectivity index (χ2n) is 8.24. The van der Waals surface area contributed by atoms with Crippen LogP contribution in [-0.4, -0.2) is 65.6 Å². The zero-order chi connectivity index (χ0) is 21.6. The molecule has 1 aliphatic carbocycles. The molecule has 2 fully saturated rings. The van der Waals surface area contributed by atoms with Crippen LogP contribution < -0.4 is 14.8 Å². The average Bonchev–Trinajstić information content (AvgIpc) is 3.42. The van der Waals surface area contributed by atoms with Crippen LogP contribution in [0.25, 0.3) is 0 Å². The molecule has 0 spiro atoms. The lowest BCUT2D eigenvalue weighted by Crippen LogP contribution is -2.53. The lowest BCUT2D eigenvalue weighted by atomic mass is 10.1. The van der Waals surface area contributed by atoms with Crippen molar-refractivity contribution in [1.82, 2.24) is 9.80 Å². The predicted octanol–water partition coefficient (Wildman–Crippen LogP) is 2.01. The molecule has 162 valence electrons. The standard InChI is InChI=1S/C23H25N3O5/c1-30-17-6-7-18-19(14-17)31-20(24-18)15-2-4-16(5-3-15)21(27)25-10-12-26(13-11-25)22(28)23(29)8-9-23/h2-7,14,20,24,29H,8-13H2,1H3. The number of anilines is 1. The fraction of sp³-hybridized carbons (Fsp3) is 0.391. The molecular weight excluding hydrogens is 398 g/mol. The first-order valence-electron chi connectivity index (χ1n) is 10.5. The molecule has 2 aromatic carbocycles. The normalized spacial score (nSPS) is 21.0. The largest absolute Gasteiger partial charge is 0.497 e. The van der Waals surface area contributed by atoms with Crippen molar-refractivity contribution in [2.24, 2.45) is 0 Å². The summed E-state index contributed by atoms with van der Waals surface area (Å²) >= 11 is 0. The van der Waals surface area contributed by atoms with E-state index in [0.717, 1.165) is 22.7 Å². The van der Waals surface area contributed by atoms with Gasteiger partial charge in [-0.15, -0.1) is 0 Å². The lowest BCUT2D eigenvalue weighted by Gasteiger charge is -2.35. The van der Waals surface area contributed by atoms with E-state index in [1.165, 1.54) is 0 Å². The highest BCUT2D eigenvalue weighted by atomic mass is 16.5. The Morgan fingerprint density at radius 3 is 2.39 bits per heavy atom. The molecule has 31 heavy (non-hydrogen) atoms. The molecule has 2 aliphatic heterocycles. The summed E-state index contributed by atoms with van der Waals surface area (Å²) in [5, 5.41) is 13.3. The summed E-state index contributed by atoms with van der Waals surface area (Å²) in [5.74, 6) is 1.20. The number of nitrogens with one attached hydrogen (secondary N) is 1. The number of hydrogen-bond donors (Lipinski definition) is 2. The van der Waals surface area contributed by atoms with Gasteiger partial charge in [-0.1, -0.05) is 12.1 Å². The fourth-order valence-electron chi connectivity index (χ4n) is 4.02. The van der Waals surface area contributed by atoms with E-state index in [2.05, 4.69) is 5.32 Å². The van der Waals surface area contributed by atoms with E-state index in [0.29, 0.717) is 44.6 Å². The van der Waals surface area contributed by atoms with Crippen LogP contribution in [-0.2, 0) is 4.79 Å². The number of methoxy groups -OCH3 is 1. The Bertz CT molecular complexity index is 1010. The average molecular weight is 423 g/mol. The first kappa shape index (κ1) is 19.7. The van der Waals surface area contributed by atoms with Crippen LogP contribution >= 0.6 is 0 Å². The predicted molar refractivity (Wildman–Crippen MR) is 113 cm³/mol. The zero-order valence-electron chi connectivity index (χ0n) is 17.3. The summed E-state index contributed by atoms with van der Waals surface area (Å²) in [4.78, 5) is 28.6. The third kappa shape index (κ3) is 3.67. The van der Waals surface area contributed by atoms with Crippen molar-refractivity contribution in [2.75, 3.05) is 38.6 Å². The molecule has 0 aromatic heterocycles. The number of carbonyl (C=O) groups excluding carboxylic acids is 2. The highest BCUT2D eigenvalue weighted by molar-refractivity contribution is 5.94. The highest BCUT2D eigenvalue weighted by Crippen LogP contribution is 2.40. The topological polar surface area (TPSA) is 91.3 Å². The number of hydrogen-bond acceptors (Lipinski definition) is 6. The number of nitrogens with zero attached hydrogens (tertiary/aromatic N) is 2. The number of rotatable bonds is 4. The van der Waals surface area contributed by atoms with Gasteiger partial charge in [-0.25, -0.2) is 0 Å². The summed E-state index contributed by atoms with van der Waals surface area (Å²) in [6.45, 7) is 1.83. The molecule has 0 bridgehead atoms. The second kappa shape index (κ2) is 7.46. The van der Waals surface area contributed by atoms with E-state index in [1.54, 1.807) is 29.0 Å². The van der Waals surface area contributed by atoms with Gasteiger partial charge in [0, 0.05) is 43.4 Å². The Balaban J connectivity index is 1.20. The smallest absolute Gasteiger partial charge is 0.254 e. The fourth-order valence-corrected chi connectivity index (χ4v) is 4.02. The Kier molecular flexibility index (Phi) is 4.74. The van der Waals surface area contributed by atoms with E-state index >= 15 is 0 Å². The quantitative estimate of drug-likeness (QED) is 0.782. The van der Waals surface area contributed by atoms with Gasteiger partial charge in [0.25, 0.3) is 11.8 Å².